The summed E-state index contributed by atoms with van der Waals surface area (Å²) < 4.78 is 12.5. The zero-order valence-corrected chi connectivity index (χ0v) is 22.8. The Morgan fingerprint density at radius 1 is 1.14 bits per heavy atom. The molecular formula is C26H20BrCl3N2O4. The highest BCUT2D eigenvalue weighted by atomic mass is 79.9. The second kappa shape index (κ2) is 10.1. The summed E-state index contributed by atoms with van der Waals surface area (Å²) in [4.78, 5) is 11.0. The highest BCUT2D eigenvalue weighted by Crippen LogP contribution is 2.53. The van der Waals surface area contributed by atoms with Gasteiger partial charge in [-0.15, -0.1) is 0 Å². The lowest BCUT2D eigenvalue weighted by Gasteiger charge is -2.38. The van der Waals surface area contributed by atoms with Crippen LogP contribution in [0.4, 0.5) is 11.4 Å². The van der Waals surface area contributed by atoms with Gasteiger partial charge in [-0.05, 0) is 63.7 Å². The van der Waals surface area contributed by atoms with Crippen LogP contribution in [0.5, 0.6) is 11.5 Å². The third-order valence-electron chi connectivity index (χ3n) is 6.61. The van der Waals surface area contributed by atoms with Crippen molar-refractivity contribution >= 4 is 62.1 Å². The Morgan fingerprint density at radius 3 is 2.67 bits per heavy atom. The van der Waals surface area contributed by atoms with Crippen molar-refractivity contribution in [2.75, 3.05) is 12.4 Å². The van der Waals surface area contributed by atoms with Gasteiger partial charge in [0.1, 0.15) is 6.61 Å². The van der Waals surface area contributed by atoms with Crippen molar-refractivity contribution in [1.82, 2.24) is 0 Å². The van der Waals surface area contributed by atoms with E-state index in [9.17, 15) is 10.1 Å². The van der Waals surface area contributed by atoms with Crippen LogP contribution in [0.25, 0.3) is 0 Å². The van der Waals surface area contributed by atoms with Gasteiger partial charge in [0.25, 0.3) is 5.69 Å². The number of benzene rings is 3. The van der Waals surface area contributed by atoms with Gasteiger partial charge >= 0.3 is 0 Å². The number of hydrogen-bond acceptors (Lipinski definition) is 5. The number of methoxy groups -OCH3 is 1. The number of anilines is 1. The smallest absolute Gasteiger partial charge is 0.271 e. The molecule has 1 N–H and O–H groups in total. The molecule has 186 valence electrons. The molecule has 5 rings (SSSR count). The van der Waals surface area contributed by atoms with E-state index in [0.29, 0.717) is 32.3 Å². The van der Waals surface area contributed by atoms with E-state index in [0.717, 1.165) is 27.6 Å². The number of allylic oxidation sites excluding steroid dienone is 2. The topological polar surface area (TPSA) is 73.6 Å². The van der Waals surface area contributed by atoms with Crippen LogP contribution in [-0.4, -0.2) is 12.0 Å². The van der Waals surface area contributed by atoms with Gasteiger partial charge in [-0.25, -0.2) is 0 Å². The Morgan fingerprint density at radius 2 is 1.94 bits per heavy atom. The zero-order valence-electron chi connectivity index (χ0n) is 18.9. The molecule has 0 spiro atoms. The van der Waals surface area contributed by atoms with Crippen LogP contribution < -0.4 is 14.8 Å². The molecule has 36 heavy (non-hydrogen) atoms. The van der Waals surface area contributed by atoms with E-state index in [-0.39, 0.29) is 30.2 Å². The second-order valence-corrected chi connectivity index (χ2v) is 10.8. The molecule has 6 nitrogen and oxygen atoms in total. The number of nitrogens with one attached hydrogen (secondary N) is 1. The predicted octanol–water partition coefficient (Wildman–Crippen LogP) is 8.73. The van der Waals surface area contributed by atoms with Gasteiger partial charge in [-0.2, -0.15) is 0 Å². The van der Waals surface area contributed by atoms with Crippen molar-refractivity contribution in [3.8, 4) is 11.5 Å². The Balaban J connectivity index is 1.48. The number of nitro benzene ring substituents is 1. The first-order chi connectivity index (χ1) is 17.3. The third kappa shape index (κ3) is 4.65. The molecule has 0 aromatic heterocycles. The third-order valence-corrected chi connectivity index (χ3v) is 8.09. The maximum absolute atomic E-state index is 11.4. The average molecular weight is 611 g/mol. The van der Waals surface area contributed by atoms with E-state index in [1.54, 1.807) is 25.3 Å². The highest BCUT2D eigenvalue weighted by Gasteiger charge is 2.40. The molecule has 0 saturated carbocycles. The van der Waals surface area contributed by atoms with Crippen molar-refractivity contribution in [1.29, 1.82) is 0 Å². The summed E-state index contributed by atoms with van der Waals surface area (Å²) in [5.41, 5.74) is 3.33. The highest BCUT2D eigenvalue weighted by molar-refractivity contribution is 9.10. The van der Waals surface area contributed by atoms with Crippen molar-refractivity contribution in [3.63, 3.8) is 0 Å². The second-order valence-electron chi connectivity index (χ2n) is 8.68. The summed E-state index contributed by atoms with van der Waals surface area (Å²) in [6.45, 7) is 0.238. The number of rotatable bonds is 6. The number of non-ortho nitro benzene ring substituents is 1. The first-order valence-electron chi connectivity index (χ1n) is 11.1. The largest absolute Gasteiger partial charge is 0.493 e. The summed E-state index contributed by atoms with van der Waals surface area (Å²) in [6, 6.07) is 12.1. The maximum Gasteiger partial charge on any atom is 0.271 e. The van der Waals surface area contributed by atoms with E-state index >= 15 is 0 Å². The molecule has 1 aliphatic heterocycles. The summed E-state index contributed by atoms with van der Waals surface area (Å²) >= 11 is 22.5. The lowest BCUT2D eigenvalue weighted by atomic mass is 9.77. The molecule has 1 heterocycles. The van der Waals surface area contributed by atoms with Crippen LogP contribution in [0.1, 0.15) is 35.1 Å². The van der Waals surface area contributed by atoms with E-state index in [2.05, 4.69) is 33.4 Å². The Hall–Kier alpha value is -2.45. The fourth-order valence-corrected chi connectivity index (χ4v) is 6.24. The molecule has 10 heteroatoms. The Labute approximate surface area is 231 Å². The predicted molar refractivity (Wildman–Crippen MR) is 146 cm³/mol. The number of nitro groups is 1. The van der Waals surface area contributed by atoms with Crippen molar-refractivity contribution in [3.05, 3.63) is 101 Å². The summed E-state index contributed by atoms with van der Waals surface area (Å²) in [6.07, 6.45) is 5.05. The first kappa shape index (κ1) is 25.2. The number of hydrogen-bond donors (Lipinski definition) is 1. The maximum atomic E-state index is 11.4. The van der Waals surface area contributed by atoms with Gasteiger partial charge in [0.15, 0.2) is 11.5 Å². The number of fused-ring (bicyclic) bond motifs is 3. The minimum Gasteiger partial charge on any atom is -0.493 e. The molecule has 0 radical (unpaired) electrons. The van der Waals surface area contributed by atoms with Gasteiger partial charge in [0.05, 0.1) is 33.3 Å². The van der Waals surface area contributed by atoms with Gasteiger partial charge in [0.2, 0.25) is 0 Å². The molecule has 3 aromatic carbocycles. The molecule has 3 aromatic rings. The minimum atomic E-state index is -0.413. The molecular weight excluding hydrogens is 591 g/mol. The normalized spacial score (nSPS) is 19.9. The molecule has 3 atom stereocenters. The standard InChI is InChI=1S/C26H20BrCl3N2O4/c1-35-23-8-14(7-20(27)26(23)36-12-13-5-6-15(28)9-21(13)29)24-18-4-2-3-17(18)19-10-16(32(33)34)11-22(30)25(19)31-24/h2-3,5-11,17-18,24,31H,4,12H2,1H3/t17-,18-,24+/m1/s1. The van der Waals surface area contributed by atoms with Gasteiger partial charge in [0, 0.05) is 33.7 Å². The molecule has 0 bridgehead atoms. The van der Waals surface area contributed by atoms with Crippen LogP contribution in [0.2, 0.25) is 15.1 Å². The van der Waals surface area contributed by atoms with Gasteiger partial charge < -0.3 is 14.8 Å². The fourth-order valence-electron chi connectivity index (χ4n) is 4.92. The van der Waals surface area contributed by atoms with Crippen molar-refractivity contribution in [2.45, 2.75) is 25.0 Å². The van der Waals surface area contributed by atoms with Crippen LogP contribution in [0.15, 0.2) is 59.1 Å². The molecule has 0 fully saturated rings. The number of ether oxygens (including phenoxy) is 2. The van der Waals surface area contributed by atoms with Crippen LogP contribution in [0.3, 0.4) is 0 Å². The lowest BCUT2D eigenvalue weighted by Crippen LogP contribution is -2.29. The van der Waals surface area contributed by atoms with Crippen molar-refractivity contribution < 1.29 is 14.4 Å². The Bertz CT molecular complexity index is 1400. The van der Waals surface area contributed by atoms with E-state index < -0.39 is 4.92 Å². The number of nitrogens with zero attached hydrogens (tertiary/aromatic N) is 1. The van der Waals surface area contributed by atoms with Crippen LogP contribution in [-0.2, 0) is 6.61 Å². The van der Waals surface area contributed by atoms with Crippen molar-refractivity contribution in [2.24, 2.45) is 5.92 Å². The zero-order chi connectivity index (χ0) is 25.6. The van der Waals surface area contributed by atoms with Crippen LogP contribution >= 0.6 is 50.7 Å². The molecule has 0 saturated heterocycles. The Kier molecular flexibility index (Phi) is 7.10. The summed E-state index contributed by atoms with van der Waals surface area (Å²) in [5, 5.41) is 16.4. The van der Waals surface area contributed by atoms with Gasteiger partial charge in [-0.1, -0.05) is 53.0 Å². The fraction of sp³-hybridized carbons (Fsp3) is 0.231. The molecule has 1 aliphatic carbocycles. The molecule has 0 unspecified atom stereocenters. The summed E-state index contributed by atoms with van der Waals surface area (Å²) in [7, 11) is 1.59. The molecule has 0 amide bonds. The average Bonchev–Trinajstić information content (AvgIpc) is 3.33. The SMILES string of the molecule is COc1cc([C@@H]2Nc3c(Cl)cc([N+](=O)[O-])cc3[C@@H]3C=CC[C@H]32)cc(Br)c1OCc1ccc(Cl)cc1Cl. The monoisotopic (exact) mass is 608 g/mol. The first-order valence-corrected chi connectivity index (χ1v) is 13.0. The quantitative estimate of drug-likeness (QED) is 0.172. The van der Waals surface area contributed by atoms with Gasteiger partial charge in [-0.3, -0.25) is 10.1 Å². The summed E-state index contributed by atoms with van der Waals surface area (Å²) in [5.74, 6) is 1.29. The van der Waals surface area contributed by atoms with E-state index in [1.807, 2.05) is 18.2 Å². The minimum absolute atomic E-state index is 0.00949. The lowest BCUT2D eigenvalue weighted by molar-refractivity contribution is -0.384. The van der Waals surface area contributed by atoms with E-state index in [4.69, 9.17) is 44.3 Å². The number of halogens is 4. The van der Waals surface area contributed by atoms with E-state index in [1.165, 1.54) is 6.07 Å². The molecule has 2 aliphatic rings. The van der Waals surface area contributed by atoms with Crippen LogP contribution in [0, 0.1) is 16.0 Å².